The van der Waals surface area contributed by atoms with Crippen molar-refractivity contribution in [3.8, 4) is 0 Å². The summed E-state index contributed by atoms with van der Waals surface area (Å²) in [6.45, 7) is 3.00. The second-order valence-corrected chi connectivity index (χ2v) is 5.46. The molecule has 1 aliphatic rings. The predicted molar refractivity (Wildman–Crippen MR) is 72.8 cm³/mol. The van der Waals surface area contributed by atoms with Crippen LogP contribution in [0.4, 0.5) is 10.8 Å². The first-order valence-corrected chi connectivity index (χ1v) is 6.81. The van der Waals surface area contributed by atoms with E-state index in [2.05, 4.69) is 39.2 Å². The minimum Gasteiger partial charge on any atom is -0.316 e. The van der Waals surface area contributed by atoms with E-state index < -0.39 is 0 Å². The lowest BCUT2D eigenvalue weighted by Gasteiger charge is -2.14. The number of para-hydroxylation sites is 1. The standard InChI is InChI=1S/C13H12N4S/c1-9-8-17-12(14-9)18-13(15-17)16-7-6-10-4-2-3-5-11(10)16/h2-5,8H,6-7H2,1H3. The lowest BCUT2D eigenvalue weighted by Crippen LogP contribution is -2.13. The third-order valence-electron chi connectivity index (χ3n) is 3.27. The highest BCUT2D eigenvalue weighted by Crippen LogP contribution is 2.36. The highest BCUT2D eigenvalue weighted by molar-refractivity contribution is 7.20. The van der Waals surface area contributed by atoms with Crippen LogP contribution in [0.25, 0.3) is 4.96 Å². The number of anilines is 2. The molecule has 0 spiro atoms. The fraction of sp³-hybridized carbons (Fsp3) is 0.231. The summed E-state index contributed by atoms with van der Waals surface area (Å²) in [7, 11) is 0. The molecule has 0 saturated carbocycles. The van der Waals surface area contributed by atoms with Gasteiger partial charge in [-0.15, -0.1) is 5.10 Å². The molecule has 1 aromatic carbocycles. The van der Waals surface area contributed by atoms with Gasteiger partial charge in [-0.05, 0) is 25.0 Å². The van der Waals surface area contributed by atoms with Gasteiger partial charge in [-0.1, -0.05) is 29.5 Å². The van der Waals surface area contributed by atoms with Crippen molar-refractivity contribution < 1.29 is 0 Å². The molecule has 0 saturated heterocycles. The Labute approximate surface area is 109 Å². The third-order valence-corrected chi connectivity index (χ3v) is 4.22. The maximum Gasteiger partial charge on any atom is 0.214 e. The van der Waals surface area contributed by atoms with E-state index >= 15 is 0 Å². The zero-order chi connectivity index (χ0) is 12.1. The van der Waals surface area contributed by atoms with Crippen LogP contribution in [0.3, 0.4) is 0 Å². The number of benzene rings is 1. The number of rotatable bonds is 1. The summed E-state index contributed by atoms with van der Waals surface area (Å²) >= 11 is 1.65. The van der Waals surface area contributed by atoms with Crippen molar-refractivity contribution in [1.29, 1.82) is 0 Å². The molecule has 0 aliphatic carbocycles. The van der Waals surface area contributed by atoms with E-state index in [9.17, 15) is 0 Å². The first-order valence-electron chi connectivity index (χ1n) is 5.99. The summed E-state index contributed by atoms with van der Waals surface area (Å²) in [4.78, 5) is 7.70. The molecule has 1 aliphatic heterocycles. The number of fused-ring (bicyclic) bond motifs is 2. The van der Waals surface area contributed by atoms with Crippen LogP contribution in [0.5, 0.6) is 0 Å². The lowest BCUT2D eigenvalue weighted by atomic mass is 10.2. The van der Waals surface area contributed by atoms with Crippen LogP contribution in [-0.2, 0) is 6.42 Å². The summed E-state index contributed by atoms with van der Waals surface area (Å²) < 4.78 is 1.87. The molecule has 18 heavy (non-hydrogen) atoms. The van der Waals surface area contributed by atoms with E-state index in [4.69, 9.17) is 0 Å². The molecular weight excluding hydrogens is 244 g/mol. The first kappa shape index (κ1) is 10.1. The van der Waals surface area contributed by atoms with E-state index in [1.165, 1.54) is 11.3 Å². The molecule has 90 valence electrons. The van der Waals surface area contributed by atoms with Crippen LogP contribution in [0.1, 0.15) is 11.3 Å². The SMILES string of the molecule is Cc1cn2nc(N3CCc4ccccc43)sc2n1. The number of hydrogen-bond donors (Lipinski definition) is 0. The second-order valence-electron chi connectivity index (χ2n) is 4.52. The molecule has 4 rings (SSSR count). The number of aromatic nitrogens is 3. The summed E-state index contributed by atoms with van der Waals surface area (Å²) in [5.41, 5.74) is 3.70. The Morgan fingerprint density at radius 2 is 2.17 bits per heavy atom. The van der Waals surface area contributed by atoms with Gasteiger partial charge in [0.15, 0.2) is 0 Å². The molecule has 0 atom stereocenters. The number of nitrogens with zero attached hydrogens (tertiary/aromatic N) is 4. The van der Waals surface area contributed by atoms with Crippen LogP contribution in [-0.4, -0.2) is 21.1 Å². The van der Waals surface area contributed by atoms with Crippen molar-refractivity contribution in [2.24, 2.45) is 0 Å². The average Bonchev–Trinajstić information content (AvgIpc) is 2.99. The van der Waals surface area contributed by atoms with E-state index in [0.29, 0.717) is 0 Å². The molecule has 0 N–H and O–H groups in total. The van der Waals surface area contributed by atoms with Gasteiger partial charge in [-0.2, -0.15) is 0 Å². The smallest absolute Gasteiger partial charge is 0.214 e. The second kappa shape index (κ2) is 3.55. The number of hydrogen-bond acceptors (Lipinski definition) is 4. The molecule has 0 amide bonds. The first-order chi connectivity index (χ1) is 8.81. The minimum absolute atomic E-state index is 0.965. The molecule has 0 fully saturated rings. The van der Waals surface area contributed by atoms with E-state index in [0.717, 1.165) is 28.8 Å². The number of aryl methyl sites for hydroxylation is 1. The third kappa shape index (κ3) is 1.37. The van der Waals surface area contributed by atoms with Crippen LogP contribution >= 0.6 is 11.3 Å². The van der Waals surface area contributed by atoms with Crippen LogP contribution in [0, 0.1) is 6.92 Å². The highest BCUT2D eigenvalue weighted by atomic mass is 32.1. The van der Waals surface area contributed by atoms with Gasteiger partial charge >= 0.3 is 0 Å². The van der Waals surface area contributed by atoms with Gasteiger partial charge in [0.2, 0.25) is 10.1 Å². The Morgan fingerprint density at radius 1 is 1.28 bits per heavy atom. The van der Waals surface area contributed by atoms with E-state index in [-0.39, 0.29) is 0 Å². The van der Waals surface area contributed by atoms with E-state index in [1.807, 2.05) is 17.6 Å². The van der Waals surface area contributed by atoms with Gasteiger partial charge in [-0.3, -0.25) is 0 Å². The average molecular weight is 256 g/mol. The molecule has 3 aromatic rings. The number of imidazole rings is 1. The molecule has 2 aromatic heterocycles. The van der Waals surface area contributed by atoms with Crippen molar-refractivity contribution in [3.63, 3.8) is 0 Å². The fourth-order valence-corrected chi connectivity index (χ4v) is 3.41. The Kier molecular flexibility index (Phi) is 1.99. The Morgan fingerprint density at radius 3 is 3.06 bits per heavy atom. The Bertz CT molecular complexity index is 696. The molecule has 0 radical (unpaired) electrons. The molecule has 0 unspecified atom stereocenters. The van der Waals surface area contributed by atoms with Crippen molar-refractivity contribution in [2.45, 2.75) is 13.3 Å². The topological polar surface area (TPSA) is 33.4 Å². The molecule has 4 nitrogen and oxygen atoms in total. The van der Waals surface area contributed by atoms with Crippen molar-refractivity contribution in [2.75, 3.05) is 11.4 Å². The van der Waals surface area contributed by atoms with Gasteiger partial charge in [0, 0.05) is 12.2 Å². The van der Waals surface area contributed by atoms with Crippen LogP contribution in [0.15, 0.2) is 30.5 Å². The molecule has 0 bridgehead atoms. The van der Waals surface area contributed by atoms with Gasteiger partial charge < -0.3 is 4.90 Å². The molecule has 5 heteroatoms. The Balaban J connectivity index is 1.82. The monoisotopic (exact) mass is 256 g/mol. The summed E-state index contributed by atoms with van der Waals surface area (Å²) in [6.07, 6.45) is 3.06. The van der Waals surface area contributed by atoms with Crippen LogP contribution < -0.4 is 4.90 Å². The normalized spacial score (nSPS) is 14.4. The van der Waals surface area contributed by atoms with Crippen molar-refractivity contribution >= 4 is 27.1 Å². The summed E-state index contributed by atoms with van der Waals surface area (Å²) in [6, 6.07) is 8.54. The van der Waals surface area contributed by atoms with Crippen LogP contribution in [0.2, 0.25) is 0 Å². The van der Waals surface area contributed by atoms with Gasteiger partial charge in [0.1, 0.15) is 0 Å². The van der Waals surface area contributed by atoms with Crippen molar-refractivity contribution in [3.05, 3.63) is 41.7 Å². The van der Waals surface area contributed by atoms with Gasteiger partial charge in [-0.25, -0.2) is 9.50 Å². The maximum absolute atomic E-state index is 4.61. The minimum atomic E-state index is 0.965. The van der Waals surface area contributed by atoms with Gasteiger partial charge in [0.05, 0.1) is 11.9 Å². The fourth-order valence-electron chi connectivity index (χ4n) is 2.44. The van der Waals surface area contributed by atoms with Gasteiger partial charge in [0.25, 0.3) is 0 Å². The Hall–Kier alpha value is -1.88. The molecule has 3 heterocycles. The summed E-state index contributed by atoms with van der Waals surface area (Å²) in [5, 5.41) is 5.64. The lowest BCUT2D eigenvalue weighted by molar-refractivity contribution is 0.918. The predicted octanol–water partition coefficient (Wildman–Crippen LogP) is 2.79. The van der Waals surface area contributed by atoms with E-state index in [1.54, 1.807) is 11.3 Å². The highest BCUT2D eigenvalue weighted by Gasteiger charge is 2.23. The zero-order valence-corrected chi connectivity index (χ0v) is 10.8. The zero-order valence-electron chi connectivity index (χ0n) is 10.00. The quantitative estimate of drug-likeness (QED) is 0.671. The van der Waals surface area contributed by atoms with Crippen molar-refractivity contribution in [1.82, 2.24) is 14.6 Å². The molecular formula is C13H12N4S. The largest absolute Gasteiger partial charge is 0.316 e. The summed E-state index contributed by atoms with van der Waals surface area (Å²) in [5.74, 6) is 0. The maximum atomic E-state index is 4.61.